The molecule has 0 bridgehead atoms. The Morgan fingerprint density at radius 3 is 2.35 bits per heavy atom. The van der Waals surface area contributed by atoms with Crippen molar-refractivity contribution in [2.75, 3.05) is 55.5 Å². The minimum absolute atomic E-state index is 0.186. The maximum Gasteiger partial charge on any atom is 0.323 e. The lowest BCUT2D eigenvalue weighted by Gasteiger charge is -2.22. The molecule has 3 amide bonds. The number of nitrogens with one attached hydrogen (secondary N) is 3. The lowest BCUT2D eigenvalue weighted by atomic mass is 10.1. The van der Waals surface area contributed by atoms with Gasteiger partial charge in [0, 0.05) is 43.8 Å². The minimum Gasteiger partial charge on any atom is -0.494 e. The molecular weight excluding hydrogens is 396 g/mol. The predicted octanol–water partition coefficient (Wildman–Crippen LogP) is 3.71. The normalized spacial score (nSPS) is 13.0. The molecule has 0 unspecified atom stereocenters. The number of anilines is 3. The first-order chi connectivity index (χ1) is 15.1. The zero-order valence-electron chi connectivity index (χ0n) is 18.1. The number of nitrogens with zero attached hydrogens (tertiary/aromatic N) is 1. The summed E-state index contributed by atoms with van der Waals surface area (Å²) in [6.45, 7) is 5.20. The molecule has 1 aliphatic rings. The first kappa shape index (κ1) is 22.4. The Kier molecular flexibility index (Phi) is 8.12. The third-order valence-corrected chi connectivity index (χ3v) is 4.96. The Morgan fingerprint density at radius 1 is 1.00 bits per heavy atom. The van der Waals surface area contributed by atoms with E-state index in [-0.39, 0.29) is 11.9 Å². The molecule has 0 spiro atoms. The number of ether oxygens (including phenoxy) is 2. The van der Waals surface area contributed by atoms with Gasteiger partial charge in [0.2, 0.25) is 0 Å². The Bertz CT molecular complexity index is 880. The smallest absolute Gasteiger partial charge is 0.323 e. The van der Waals surface area contributed by atoms with Crippen LogP contribution in [0.3, 0.4) is 0 Å². The van der Waals surface area contributed by atoms with Gasteiger partial charge in [-0.15, -0.1) is 0 Å². The van der Waals surface area contributed by atoms with Crippen LogP contribution in [0.2, 0.25) is 0 Å². The highest BCUT2D eigenvalue weighted by Gasteiger charge is 2.20. The number of benzene rings is 2. The molecule has 1 heterocycles. The molecule has 3 rings (SSSR count). The summed E-state index contributed by atoms with van der Waals surface area (Å²) in [5, 5.41) is 8.46. The maximum atomic E-state index is 12.8. The van der Waals surface area contributed by atoms with E-state index in [0.29, 0.717) is 36.7 Å². The fraction of sp³-hybridized carbons (Fsp3) is 0.391. The van der Waals surface area contributed by atoms with E-state index >= 15 is 0 Å². The van der Waals surface area contributed by atoms with E-state index in [2.05, 4.69) is 20.9 Å². The molecule has 0 saturated carbocycles. The second-order valence-corrected chi connectivity index (χ2v) is 7.21. The van der Waals surface area contributed by atoms with Gasteiger partial charge in [-0.25, -0.2) is 4.79 Å². The van der Waals surface area contributed by atoms with E-state index in [1.54, 1.807) is 37.4 Å². The van der Waals surface area contributed by atoms with E-state index in [4.69, 9.17) is 9.47 Å². The molecule has 1 aliphatic heterocycles. The molecule has 3 N–H and O–H groups in total. The summed E-state index contributed by atoms with van der Waals surface area (Å²) in [5.41, 5.74) is 2.61. The Hall–Kier alpha value is -3.26. The van der Waals surface area contributed by atoms with Gasteiger partial charge in [0.1, 0.15) is 5.75 Å². The largest absolute Gasteiger partial charge is 0.494 e. The van der Waals surface area contributed by atoms with Crippen LogP contribution in [0, 0.1) is 0 Å². The molecule has 1 saturated heterocycles. The van der Waals surface area contributed by atoms with Gasteiger partial charge < -0.3 is 30.3 Å². The molecular formula is C23H30N4O4. The standard InChI is InChI=1S/C23H30N4O4/c1-3-31-19-9-6-17(7-10-19)25-23(29)26-18-8-11-21(27-13-4-5-14-27)20(16-18)22(28)24-12-15-30-2/h6-11,16H,3-5,12-15H2,1-2H3,(H,24,28)(H2,25,26,29). The highest BCUT2D eigenvalue weighted by molar-refractivity contribution is 6.04. The van der Waals surface area contributed by atoms with Crippen molar-refractivity contribution in [2.24, 2.45) is 0 Å². The van der Waals surface area contributed by atoms with Crippen molar-refractivity contribution < 1.29 is 19.1 Å². The monoisotopic (exact) mass is 426 g/mol. The van der Waals surface area contributed by atoms with Gasteiger partial charge in [-0.2, -0.15) is 0 Å². The molecule has 2 aromatic rings. The molecule has 0 aliphatic carbocycles. The number of hydrogen-bond donors (Lipinski definition) is 3. The van der Waals surface area contributed by atoms with Crippen molar-refractivity contribution in [1.82, 2.24) is 5.32 Å². The molecule has 8 nitrogen and oxygen atoms in total. The van der Waals surface area contributed by atoms with E-state index in [9.17, 15) is 9.59 Å². The van der Waals surface area contributed by atoms with Crippen LogP contribution in [-0.4, -0.2) is 51.9 Å². The van der Waals surface area contributed by atoms with Crippen molar-refractivity contribution in [3.63, 3.8) is 0 Å². The average Bonchev–Trinajstić information content (AvgIpc) is 3.30. The minimum atomic E-state index is -0.385. The summed E-state index contributed by atoms with van der Waals surface area (Å²) in [4.78, 5) is 27.4. The highest BCUT2D eigenvalue weighted by atomic mass is 16.5. The quantitative estimate of drug-likeness (QED) is 0.532. The van der Waals surface area contributed by atoms with E-state index in [1.165, 1.54) is 0 Å². The van der Waals surface area contributed by atoms with Gasteiger partial charge in [0.15, 0.2) is 0 Å². The summed E-state index contributed by atoms with van der Waals surface area (Å²) in [7, 11) is 1.59. The van der Waals surface area contributed by atoms with E-state index < -0.39 is 0 Å². The topological polar surface area (TPSA) is 91.9 Å². The van der Waals surface area contributed by atoms with Crippen molar-refractivity contribution in [2.45, 2.75) is 19.8 Å². The van der Waals surface area contributed by atoms with Gasteiger partial charge in [-0.3, -0.25) is 4.79 Å². The summed E-state index contributed by atoms with van der Waals surface area (Å²) in [6, 6.07) is 12.2. The summed E-state index contributed by atoms with van der Waals surface area (Å²) >= 11 is 0. The van der Waals surface area contributed by atoms with Crippen LogP contribution in [0.15, 0.2) is 42.5 Å². The highest BCUT2D eigenvalue weighted by Crippen LogP contribution is 2.28. The van der Waals surface area contributed by atoms with Crippen LogP contribution < -0.4 is 25.6 Å². The summed E-state index contributed by atoms with van der Waals surface area (Å²) in [6.07, 6.45) is 2.21. The molecule has 1 fully saturated rings. The van der Waals surface area contributed by atoms with E-state index in [1.807, 2.05) is 19.1 Å². The predicted molar refractivity (Wildman–Crippen MR) is 122 cm³/mol. The lowest BCUT2D eigenvalue weighted by molar-refractivity contribution is 0.0937. The SMILES string of the molecule is CCOc1ccc(NC(=O)Nc2ccc(N3CCCC3)c(C(=O)NCCOC)c2)cc1. The Labute approximate surface area is 182 Å². The van der Waals surface area contributed by atoms with Crippen LogP contribution in [-0.2, 0) is 4.74 Å². The number of rotatable bonds is 9. The average molecular weight is 427 g/mol. The van der Waals surface area contributed by atoms with Crippen molar-refractivity contribution in [1.29, 1.82) is 0 Å². The van der Waals surface area contributed by atoms with Crippen LogP contribution in [0.25, 0.3) is 0 Å². The van der Waals surface area contributed by atoms with Gasteiger partial charge in [0.25, 0.3) is 5.91 Å². The number of methoxy groups -OCH3 is 1. The molecule has 2 aromatic carbocycles. The Morgan fingerprint density at radius 2 is 1.68 bits per heavy atom. The van der Waals surface area contributed by atoms with Crippen molar-refractivity contribution in [3.8, 4) is 5.75 Å². The first-order valence-electron chi connectivity index (χ1n) is 10.6. The molecule has 0 radical (unpaired) electrons. The molecule has 166 valence electrons. The zero-order chi connectivity index (χ0) is 22.1. The third kappa shape index (κ3) is 6.36. The molecule has 8 heteroatoms. The number of carbonyl (C=O) groups is 2. The van der Waals surface area contributed by atoms with Gasteiger partial charge in [-0.05, 0) is 62.2 Å². The van der Waals surface area contributed by atoms with E-state index in [0.717, 1.165) is 37.4 Å². The number of hydrogen-bond acceptors (Lipinski definition) is 5. The molecule has 0 atom stereocenters. The fourth-order valence-corrected chi connectivity index (χ4v) is 3.49. The van der Waals surface area contributed by atoms with Crippen LogP contribution >= 0.6 is 0 Å². The van der Waals surface area contributed by atoms with Gasteiger partial charge in [0.05, 0.1) is 18.8 Å². The zero-order valence-corrected chi connectivity index (χ0v) is 18.1. The number of urea groups is 1. The van der Waals surface area contributed by atoms with Crippen LogP contribution in [0.5, 0.6) is 5.75 Å². The summed E-state index contributed by atoms with van der Waals surface area (Å²) in [5.74, 6) is 0.560. The third-order valence-electron chi connectivity index (χ3n) is 4.96. The second-order valence-electron chi connectivity index (χ2n) is 7.21. The number of amides is 3. The van der Waals surface area contributed by atoms with Gasteiger partial charge in [-0.1, -0.05) is 0 Å². The molecule has 31 heavy (non-hydrogen) atoms. The Balaban J connectivity index is 1.70. The second kappa shape index (κ2) is 11.2. The van der Waals surface area contributed by atoms with Gasteiger partial charge >= 0.3 is 6.03 Å². The van der Waals surface area contributed by atoms with Crippen molar-refractivity contribution in [3.05, 3.63) is 48.0 Å². The summed E-state index contributed by atoms with van der Waals surface area (Å²) < 4.78 is 10.4. The lowest BCUT2D eigenvalue weighted by Crippen LogP contribution is -2.30. The van der Waals surface area contributed by atoms with Crippen molar-refractivity contribution >= 4 is 29.0 Å². The fourth-order valence-electron chi connectivity index (χ4n) is 3.49. The number of carbonyl (C=O) groups excluding carboxylic acids is 2. The molecule has 0 aromatic heterocycles. The van der Waals surface area contributed by atoms with Crippen LogP contribution in [0.4, 0.5) is 21.9 Å². The maximum absolute atomic E-state index is 12.8. The first-order valence-corrected chi connectivity index (χ1v) is 10.6. The van der Waals surface area contributed by atoms with Crippen LogP contribution in [0.1, 0.15) is 30.1 Å².